The minimum atomic E-state index is -0.339. The van der Waals surface area contributed by atoms with Crippen LogP contribution in [0.2, 0.25) is 0 Å². The number of carbonyl (C=O) groups is 1. The molecule has 1 saturated carbocycles. The SMILES string of the molecule is CC(C)(C)C1CCCCC1NCc1nnc(C(=O)Nc2ccc(F)cc2)s1. The molecule has 0 radical (unpaired) electrons. The van der Waals surface area contributed by atoms with Crippen molar-refractivity contribution in [3.8, 4) is 0 Å². The van der Waals surface area contributed by atoms with E-state index in [1.54, 1.807) is 0 Å². The number of nitrogens with zero attached hydrogens (tertiary/aromatic N) is 2. The van der Waals surface area contributed by atoms with Gasteiger partial charge in [0.05, 0.1) is 0 Å². The van der Waals surface area contributed by atoms with Gasteiger partial charge in [0.1, 0.15) is 10.8 Å². The Morgan fingerprint density at radius 1 is 1.19 bits per heavy atom. The molecular weight excluding hydrogens is 363 g/mol. The standard InChI is InChI=1S/C20H27FN4OS/c1-20(2,3)15-6-4-5-7-16(15)22-12-17-24-25-19(27-17)18(26)23-14-10-8-13(21)9-11-14/h8-11,15-16,22H,4-7,12H2,1-3H3,(H,23,26). The van der Waals surface area contributed by atoms with Crippen LogP contribution in [0.4, 0.5) is 10.1 Å². The van der Waals surface area contributed by atoms with E-state index in [-0.39, 0.29) is 17.1 Å². The molecule has 1 aromatic carbocycles. The van der Waals surface area contributed by atoms with Gasteiger partial charge in [0.15, 0.2) is 0 Å². The van der Waals surface area contributed by atoms with Gasteiger partial charge in [-0.25, -0.2) is 4.39 Å². The first-order valence-corrected chi connectivity index (χ1v) is 10.3. The number of halogens is 1. The first kappa shape index (κ1) is 19.9. The molecule has 2 atom stereocenters. The number of hydrogen-bond donors (Lipinski definition) is 2. The quantitative estimate of drug-likeness (QED) is 0.781. The van der Waals surface area contributed by atoms with Crippen LogP contribution in [0.1, 0.15) is 61.3 Å². The molecule has 1 aliphatic rings. The monoisotopic (exact) mass is 390 g/mol. The Morgan fingerprint density at radius 3 is 2.59 bits per heavy atom. The summed E-state index contributed by atoms with van der Waals surface area (Å²) >= 11 is 1.29. The minimum Gasteiger partial charge on any atom is -0.320 e. The van der Waals surface area contributed by atoms with Crippen molar-refractivity contribution in [1.82, 2.24) is 15.5 Å². The second-order valence-electron chi connectivity index (χ2n) is 8.21. The summed E-state index contributed by atoms with van der Waals surface area (Å²) < 4.78 is 12.9. The Labute approximate surface area is 163 Å². The molecule has 27 heavy (non-hydrogen) atoms. The molecule has 2 N–H and O–H groups in total. The number of benzene rings is 1. The van der Waals surface area contributed by atoms with Crippen molar-refractivity contribution in [1.29, 1.82) is 0 Å². The summed E-state index contributed by atoms with van der Waals surface area (Å²) in [5, 5.41) is 15.6. The maximum absolute atomic E-state index is 12.9. The first-order chi connectivity index (χ1) is 12.8. The van der Waals surface area contributed by atoms with E-state index in [9.17, 15) is 9.18 Å². The number of hydrogen-bond acceptors (Lipinski definition) is 5. The lowest BCUT2D eigenvalue weighted by Gasteiger charge is -2.40. The number of carbonyl (C=O) groups excluding carboxylic acids is 1. The summed E-state index contributed by atoms with van der Waals surface area (Å²) in [5.74, 6) is -0.0236. The van der Waals surface area contributed by atoms with E-state index in [1.807, 2.05) is 0 Å². The summed E-state index contributed by atoms with van der Waals surface area (Å²) in [6.45, 7) is 7.54. The Bertz CT molecular complexity index is 769. The average Bonchev–Trinajstić information content (AvgIpc) is 3.10. The third-order valence-corrected chi connectivity index (χ3v) is 6.08. The van der Waals surface area contributed by atoms with Crippen LogP contribution in [0.3, 0.4) is 0 Å². The molecule has 1 fully saturated rings. The van der Waals surface area contributed by atoms with Gasteiger partial charge in [-0.05, 0) is 48.4 Å². The first-order valence-electron chi connectivity index (χ1n) is 9.45. The second kappa shape index (κ2) is 8.44. The molecule has 5 nitrogen and oxygen atoms in total. The molecule has 1 aromatic heterocycles. The molecule has 1 amide bonds. The van der Waals surface area contributed by atoms with Gasteiger partial charge in [0.2, 0.25) is 5.01 Å². The molecule has 0 spiro atoms. The van der Waals surface area contributed by atoms with Gasteiger partial charge in [-0.2, -0.15) is 0 Å². The van der Waals surface area contributed by atoms with Gasteiger partial charge in [-0.3, -0.25) is 4.79 Å². The third-order valence-electron chi connectivity index (χ3n) is 5.16. The summed E-state index contributed by atoms with van der Waals surface area (Å²) in [7, 11) is 0. The minimum absolute atomic E-state index is 0.277. The van der Waals surface area contributed by atoms with Gasteiger partial charge >= 0.3 is 0 Å². The highest BCUT2D eigenvalue weighted by Crippen LogP contribution is 2.38. The van der Waals surface area contributed by atoms with Crippen LogP contribution in [-0.2, 0) is 6.54 Å². The zero-order valence-corrected chi connectivity index (χ0v) is 16.9. The van der Waals surface area contributed by atoms with E-state index in [0.29, 0.717) is 29.2 Å². The summed E-state index contributed by atoms with van der Waals surface area (Å²) in [5.41, 5.74) is 0.811. The van der Waals surface area contributed by atoms with E-state index in [4.69, 9.17) is 0 Å². The van der Waals surface area contributed by atoms with Gasteiger partial charge < -0.3 is 10.6 Å². The predicted molar refractivity (Wildman–Crippen MR) is 106 cm³/mol. The molecule has 1 aliphatic carbocycles. The fourth-order valence-corrected chi connectivity index (χ4v) is 4.45. The van der Waals surface area contributed by atoms with Gasteiger partial charge in [-0.1, -0.05) is 44.9 Å². The van der Waals surface area contributed by atoms with Gasteiger partial charge in [-0.15, -0.1) is 10.2 Å². The van der Waals surface area contributed by atoms with Crippen LogP contribution >= 0.6 is 11.3 Å². The van der Waals surface area contributed by atoms with Crippen LogP contribution in [-0.4, -0.2) is 22.1 Å². The number of nitrogens with one attached hydrogen (secondary N) is 2. The van der Waals surface area contributed by atoms with E-state index >= 15 is 0 Å². The fourth-order valence-electron chi connectivity index (χ4n) is 3.76. The topological polar surface area (TPSA) is 66.9 Å². The van der Waals surface area contributed by atoms with Crippen LogP contribution < -0.4 is 10.6 Å². The lowest BCUT2D eigenvalue weighted by atomic mass is 9.69. The summed E-state index contributed by atoms with van der Waals surface area (Å²) in [4.78, 5) is 12.3. The van der Waals surface area contributed by atoms with E-state index < -0.39 is 0 Å². The molecule has 0 saturated heterocycles. The normalized spacial score (nSPS) is 20.4. The zero-order chi connectivity index (χ0) is 19.4. The largest absolute Gasteiger partial charge is 0.320 e. The van der Waals surface area contributed by atoms with Crippen molar-refractivity contribution in [2.45, 2.75) is 59.0 Å². The molecule has 3 rings (SSSR count). The van der Waals surface area contributed by atoms with E-state index in [2.05, 4.69) is 41.6 Å². The highest BCUT2D eigenvalue weighted by molar-refractivity contribution is 7.13. The van der Waals surface area contributed by atoms with Gasteiger partial charge in [0, 0.05) is 18.3 Å². The molecule has 2 unspecified atom stereocenters. The van der Waals surface area contributed by atoms with Crippen LogP contribution in [0.5, 0.6) is 0 Å². The van der Waals surface area contributed by atoms with Crippen LogP contribution in [0, 0.1) is 17.2 Å². The highest BCUT2D eigenvalue weighted by atomic mass is 32.1. The summed E-state index contributed by atoms with van der Waals surface area (Å²) in [6.07, 6.45) is 4.99. The van der Waals surface area contributed by atoms with Crippen LogP contribution in [0.25, 0.3) is 0 Å². The van der Waals surface area contributed by atoms with E-state index in [1.165, 1.54) is 61.3 Å². The second-order valence-corrected chi connectivity index (χ2v) is 9.27. The lowest BCUT2D eigenvalue weighted by Crippen LogP contribution is -2.43. The zero-order valence-electron chi connectivity index (χ0n) is 16.1. The molecular formula is C20H27FN4OS. The molecule has 0 aliphatic heterocycles. The van der Waals surface area contributed by atoms with Crippen molar-refractivity contribution < 1.29 is 9.18 Å². The van der Waals surface area contributed by atoms with Crippen molar-refractivity contribution in [3.05, 3.63) is 40.1 Å². The highest BCUT2D eigenvalue weighted by Gasteiger charge is 2.33. The van der Waals surface area contributed by atoms with Crippen molar-refractivity contribution in [3.63, 3.8) is 0 Å². The number of rotatable bonds is 5. The van der Waals surface area contributed by atoms with E-state index in [0.717, 1.165) is 5.01 Å². The Kier molecular flexibility index (Phi) is 6.22. The Hall–Kier alpha value is -1.86. The lowest BCUT2D eigenvalue weighted by molar-refractivity contribution is 0.102. The maximum atomic E-state index is 12.9. The fraction of sp³-hybridized carbons (Fsp3) is 0.550. The Balaban J connectivity index is 1.57. The molecule has 146 valence electrons. The maximum Gasteiger partial charge on any atom is 0.286 e. The van der Waals surface area contributed by atoms with Crippen molar-refractivity contribution >= 4 is 22.9 Å². The molecule has 2 aromatic rings. The smallest absolute Gasteiger partial charge is 0.286 e. The molecule has 0 bridgehead atoms. The molecule has 1 heterocycles. The number of anilines is 1. The number of aromatic nitrogens is 2. The molecule has 7 heteroatoms. The van der Waals surface area contributed by atoms with Crippen LogP contribution in [0.15, 0.2) is 24.3 Å². The summed E-state index contributed by atoms with van der Waals surface area (Å²) in [6, 6.07) is 6.12. The van der Waals surface area contributed by atoms with Gasteiger partial charge in [0.25, 0.3) is 5.91 Å². The van der Waals surface area contributed by atoms with Crippen molar-refractivity contribution in [2.24, 2.45) is 11.3 Å². The number of amides is 1. The Morgan fingerprint density at radius 2 is 1.89 bits per heavy atom. The van der Waals surface area contributed by atoms with Crippen molar-refractivity contribution in [2.75, 3.05) is 5.32 Å². The third kappa shape index (κ3) is 5.32. The predicted octanol–water partition coefficient (Wildman–Crippen LogP) is 4.62. The average molecular weight is 391 g/mol.